The SMILES string of the molecule is C[C@]1(/C=C/P(=O)([O-])O)CO[C@@H](n2cnc3c(N)ncnc32)[C@@H]1F.[NH4+]. The number of alkyl halides is 1. The number of nitrogen functional groups attached to an aromatic ring is 1. The number of nitrogens with zero attached hydrogens (tertiary/aromatic N) is 4. The Morgan fingerprint density at radius 2 is 2.29 bits per heavy atom. The monoisotopic (exact) mass is 360 g/mol. The number of imidazole rings is 1. The number of fused-ring (bicyclic) bond motifs is 1. The van der Waals surface area contributed by atoms with Crippen LogP contribution < -0.4 is 16.8 Å². The zero-order valence-electron chi connectivity index (χ0n) is 13.0. The van der Waals surface area contributed by atoms with Crippen molar-refractivity contribution in [3.8, 4) is 0 Å². The smallest absolute Gasteiger partial charge is 0.168 e. The quantitative estimate of drug-likeness (QED) is 0.670. The number of ether oxygens (including phenoxy) is 1. The van der Waals surface area contributed by atoms with Gasteiger partial charge in [0, 0.05) is 5.41 Å². The van der Waals surface area contributed by atoms with Crippen LogP contribution in [0.4, 0.5) is 10.2 Å². The van der Waals surface area contributed by atoms with Gasteiger partial charge in [0.05, 0.1) is 12.9 Å². The zero-order valence-corrected chi connectivity index (χ0v) is 13.9. The lowest BCUT2D eigenvalue weighted by atomic mass is 9.87. The summed E-state index contributed by atoms with van der Waals surface area (Å²) >= 11 is 0. The molecule has 4 atom stereocenters. The minimum Gasteiger partial charge on any atom is -0.776 e. The fraction of sp³-hybridized carbons (Fsp3) is 0.417. The Bertz CT molecular complexity index is 823. The first kappa shape index (κ1) is 18.4. The van der Waals surface area contributed by atoms with Crippen LogP contribution in [0.25, 0.3) is 11.2 Å². The van der Waals surface area contributed by atoms with Crippen molar-refractivity contribution in [3.05, 3.63) is 24.5 Å². The normalized spacial score (nSPS) is 29.7. The first-order valence-corrected chi connectivity index (χ1v) is 8.28. The molecule has 0 bridgehead atoms. The fourth-order valence-electron chi connectivity index (χ4n) is 2.44. The summed E-state index contributed by atoms with van der Waals surface area (Å²) in [5.41, 5.74) is 5.11. The van der Waals surface area contributed by atoms with Crippen LogP contribution in [0.15, 0.2) is 24.5 Å². The van der Waals surface area contributed by atoms with Crippen molar-refractivity contribution < 1.29 is 23.5 Å². The van der Waals surface area contributed by atoms with Gasteiger partial charge in [-0.05, 0) is 5.82 Å². The van der Waals surface area contributed by atoms with Gasteiger partial charge < -0.3 is 31.0 Å². The van der Waals surface area contributed by atoms with Crippen LogP contribution in [0.3, 0.4) is 0 Å². The van der Waals surface area contributed by atoms with E-state index in [9.17, 15) is 13.8 Å². The molecule has 1 unspecified atom stereocenters. The molecule has 3 heterocycles. The Kier molecular flexibility index (Phi) is 4.75. The highest BCUT2D eigenvalue weighted by Crippen LogP contribution is 2.44. The van der Waals surface area contributed by atoms with Crippen LogP contribution in [-0.2, 0) is 9.30 Å². The summed E-state index contributed by atoms with van der Waals surface area (Å²) in [7, 11) is -4.62. The molecule has 1 aliphatic rings. The van der Waals surface area contributed by atoms with E-state index in [0.717, 1.165) is 6.08 Å². The van der Waals surface area contributed by atoms with Crippen LogP contribution in [0.5, 0.6) is 0 Å². The molecule has 3 rings (SSSR count). The molecule has 1 aliphatic heterocycles. The summed E-state index contributed by atoms with van der Waals surface area (Å²) in [5.74, 6) is 0.745. The third kappa shape index (κ3) is 3.17. The molecule has 0 aromatic carbocycles. The number of quaternary nitrogens is 1. The predicted molar refractivity (Wildman–Crippen MR) is 82.7 cm³/mol. The lowest BCUT2D eigenvalue weighted by Gasteiger charge is -2.23. The molecule has 1 saturated heterocycles. The molecule has 2 aromatic rings. The number of rotatable bonds is 3. The molecular weight excluding hydrogens is 342 g/mol. The molecule has 0 radical (unpaired) electrons. The van der Waals surface area contributed by atoms with Crippen LogP contribution in [0.1, 0.15) is 13.2 Å². The van der Waals surface area contributed by atoms with Gasteiger partial charge in [0.2, 0.25) is 0 Å². The standard InChI is InChI=1S/C12H15FN5O4P.H3N/c1-12(2-3-23(19,20)21)4-22-11(8(12)13)18-6-17-7-9(14)15-5-16-10(7)18;/h2-3,5-6,8,11H,4H2,1H3,(H2,14,15,16)(H2,19,20,21);1H3/b3-2+;/t8-,11+,12-;/m0./s1. The van der Waals surface area contributed by atoms with Crippen molar-refractivity contribution in [3.63, 3.8) is 0 Å². The van der Waals surface area contributed by atoms with E-state index in [-0.39, 0.29) is 18.6 Å². The van der Waals surface area contributed by atoms with Gasteiger partial charge in [-0.15, -0.1) is 0 Å². The Hall–Kier alpha value is -1.91. The summed E-state index contributed by atoms with van der Waals surface area (Å²) in [4.78, 5) is 31.5. The van der Waals surface area contributed by atoms with E-state index >= 15 is 0 Å². The molecular formula is C12H18FN6O4P. The molecule has 0 aliphatic carbocycles. The van der Waals surface area contributed by atoms with Crippen molar-refractivity contribution in [1.82, 2.24) is 25.7 Å². The number of hydrogen-bond donors (Lipinski definition) is 3. The molecule has 2 aromatic heterocycles. The van der Waals surface area contributed by atoms with E-state index < -0.39 is 25.4 Å². The van der Waals surface area contributed by atoms with E-state index in [1.165, 1.54) is 24.1 Å². The maximum absolute atomic E-state index is 14.8. The maximum atomic E-state index is 14.8. The number of halogens is 1. The van der Waals surface area contributed by atoms with Gasteiger partial charge >= 0.3 is 0 Å². The maximum Gasteiger partial charge on any atom is 0.168 e. The van der Waals surface area contributed by atoms with Crippen LogP contribution in [0, 0.1) is 5.41 Å². The largest absolute Gasteiger partial charge is 0.776 e. The van der Waals surface area contributed by atoms with E-state index in [1.807, 2.05) is 0 Å². The molecule has 10 nitrogen and oxygen atoms in total. The summed E-state index contributed by atoms with van der Waals surface area (Å²) in [6.07, 6.45) is 1.03. The second-order valence-electron chi connectivity index (χ2n) is 5.57. The molecule has 12 heteroatoms. The Balaban J connectivity index is 0.00000208. The number of hydrogen-bond acceptors (Lipinski definition) is 7. The van der Waals surface area contributed by atoms with Crippen LogP contribution in [-0.4, -0.2) is 37.2 Å². The fourth-order valence-corrected chi connectivity index (χ4v) is 2.97. The molecule has 0 spiro atoms. The predicted octanol–water partition coefficient (Wildman–Crippen LogP) is 0.717. The van der Waals surface area contributed by atoms with Crippen molar-refractivity contribution in [2.24, 2.45) is 5.41 Å². The highest BCUT2D eigenvalue weighted by Gasteiger charge is 2.47. The van der Waals surface area contributed by atoms with Crippen molar-refractivity contribution in [2.75, 3.05) is 12.3 Å². The van der Waals surface area contributed by atoms with Gasteiger partial charge in [-0.3, -0.25) is 4.57 Å². The number of aromatic nitrogens is 4. The van der Waals surface area contributed by atoms with Gasteiger partial charge in [0.15, 0.2) is 31.5 Å². The lowest BCUT2D eigenvalue weighted by molar-refractivity contribution is -0.189. The van der Waals surface area contributed by atoms with E-state index in [0.29, 0.717) is 17.0 Å². The molecule has 7 N–H and O–H groups in total. The number of nitrogens with two attached hydrogens (primary N) is 1. The van der Waals surface area contributed by atoms with Crippen molar-refractivity contribution in [2.45, 2.75) is 19.3 Å². The Morgan fingerprint density at radius 1 is 1.58 bits per heavy atom. The van der Waals surface area contributed by atoms with Crippen molar-refractivity contribution >= 4 is 24.6 Å². The van der Waals surface area contributed by atoms with Crippen molar-refractivity contribution in [1.29, 1.82) is 0 Å². The summed E-state index contributed by atoms with van der Waals surface area (Å²) in [6, 6.07) is 0. The van der Waals surface area contributed by atoms with E-state index in [4.69, 9.17) is 15.4 Å². The minimum absolute atomic E-state index is 0. The van der Waals surface area contributed by atoms with E-state index in [2.05, 4.69) is 15.0 Å². The van der Waals surface area contributed by atoms with E-state index in [1.54, 1.807) is 0 Å². The lowest BCUT2D eigenvalue weighted by Crippen LogP contribution is -2.28. The molecule has 1 fully saturated rings. The average molecular weight is 360 g/mol. The van der Waals surface area contributed by atoms with Crippen LogP contribution in [0.2, 0.25) is 0 Å². The first-order chi connectivity index (χ1) is 10.7. The van der Waals surface area contributed by atoms with Gasteiger partial charge in [0.25, 0.3) is 0 Å². The van der Waals surface area contributed by atoms with Gasteiger partial charge in [-0.1, -0.05) is 13.0 Å². The Labute approximate surface area is 136 Å². The molecule has 132 valence electrons. The number of anilines is 1. The third-order valence-corrected chi connectivity index (χ3v) is 4.28. The van der Waals surface area contributed by atoms with Gasteiger partial charge in [-0.25, -0.2) is 19.3 Å². The third-order valence-electron chi connectivity index (χ3n) is 3.75. The highest BCUT2D eigenvalue weighted by atomic mass is 31.2. The molecule has 0 saturated carbocycles. The Morgan fingerprint density at radius 3 is 2.96 bits per heavy atom. The minimum atomic E-state index is -4.62. The summed E-state index contributed by atoms with van der Waals surface area (Å²) < 4.78 is 32.5. The topological polar surface area (TPSA) is 176 Å². The first-order valence-electron chi connectivity index (χ1n) is 6.64. The second kappa shape index (κ2) is 6.19. The summed E-state index contributed by atoms with van der Waals surface area (Å²) in [6.45, 7) is 1.42. The summed E-state index contributed by atoms with van der Waals surface area (Å²) in [5, 5.41) is 0. The highest BCUT2D eigenvalue weighted by molar-refractivity contribution is 7.53. The molecule has 24 heavy (non-hydrogen) atoms. The molecule has 0 amide bonds. The average Bonchev–Trinajstić information content (AvgIpc) is 3.01. The second-order valence-corrected chi connectivity index (χ2v) is 7.00. The van der Waals surface area contributed by atoms with Gasteiger partial charge in [-0.2, -0.15) is 0 Å². The van der Waals surface area contributed by atoms with Gasteiger partial charge in [0.1, 0.15) is 11.8 Å². The van der Waals surface area contributed by atoms with Crippen LogP contribution >= 0.6 is 7.60 Å². The zero-order chi connectivity index (χ0) is 16.8.